The van der Waals surface area contributed by atoms with Crippen molar-refractivity contribution in [2.75, 3.05) is 5.32 Å². The van der Waals surface area contributed by atoms with E-state index in [2.05, 4.69) is 48.6 Å². The lowest BCUT2D eigenvalue weighted by Crippen LogP contribution is -2.11. The Bertz CT molecular complexity index is 879. The molecule has 3 aromatic rings. The van der Waals surface area contributed by atoms with E-state index in [4.69, 9.17) is 0 Å². The van der Waals surface area contributed by atoms with Gasteiger partial charge < -0.3 is 5.32 Å². The van der Waals surface area contributed by atoms with Gasteiger partial charge in [0.05, 0.1) is 0 Å². The molecule has 1 N–H and O–H groups in total. The van der Waals surface area contributed by atoms with E-state index in [0.717, 1.165) is 31.4 Å². The van der Waals surface area contributed by atoms with Crippen LogP contribution in [-0.4, -0.2) is 5.91 Å². The highest BCUT2D eigenvalue weighted by molar-refractivity contribution is 6.04. The average Bonchev–Trinajstić information content (AvgIpc) is 2.70. The molecule has 27 heavy (non-hydrogen) atoms. The average molecular weight is 357 g/mol. The highest BCUT2D eigenvalue weighted by atomic mass is 16.1. The van der Waals surface area contributed by atoms with Crippen LogP contribution in [0, 0.1) is 6.92 Å². The van der Waals surface area contributed by atoms with E-state index in [-0.39, 0.29) is 5.91 Å². The molecule has 0 aliphatic rings. The minimum atomic E-state index is -0.0673. The Kier molecular flexibility index (Phi) is 6.43. The monoisotopic (exact) mass is 357 g/mol. The summed E-state index contributed by atoms with van der Waals surface area (Å²) < 4.78 is 0. The second-order valence-corrected chi connectivity index (χ2v) is 6.99. The Morgan fingerprint density at radius 3 is 2.15 bits per heavy atom. The Balaban J connectivity index is 1.53. The Morgan fingerprint density at radius 1 is 0.815 bits per heavy atom. The molecule has 0 aromatic heterocycles. The van der Waals surface area contributed by atoms with Crippen LogP contribution in [0.2, 0.25) is 0 Å². The summed E-state index contributed by atoms with van der Waals surface area (Å²) in [5.74, 6) is -0.0673. The van der Waals surface area contributed by atoms with Crippen LogP contribution in [0.1, 0.15) is 46.0 Å². The van der Waals surface area contributed by atoms with Crippen molar-refractivity contribution in [2.24, 2.45) is 0 Å². The van der Waals surface area contributed by atoms with E-state index in [0.29, 0.717) is 5.56 Å². The van der Waals surface area contributed by atoms with Crippen LogP contribution in [0.4, 0.5) is 5.69 Å². The zero-order valence-electron chi connectivity index (χ0n) is 16.2. The highest BCUT2D eigenvalue weighted by Crippen LogP contribution is 2.15. The van der Waals surface area contributed by atoms with Gasteiger partial charge in [-0.2, -0.15) is 0 Å². The summed E-state index contributed by atoms with van der Waals surface area (Å²) in [5, 5.41) is 2.94. The first kappa shape index (κ1) is 18.9. The van der Waals surface area contributed by atoms with E-state index < -0.39 is 0 Å². The predicted octanol–water partition coefficient (Wildman–Crippen LogP) is 5.99. The van der Waals surface area contributed by atoms with Gasteiger partial charge >= 0.3 is 0 Å². The van der Waals surface area contributed by atoms with Crippen molar-refractivity contribution >= 4 is 11.6 Å². The quantitative estimate of drug-likeness (QED) is 0.553. The number of nitrogens with one attached hydrogen (secondary N) is 1. The molecule has 3 aromatic carbocycles. The number of carbonyl (C=O) groups excluding carboxylic acids is 1. The van der Waals surface area contributed by atoms with Gasteiger partial charge in [0, 0.05) is 11.3 Å². The fraction of sp³-hybridized carbons (Fsp3) is 0.240. The SMILES string of the molecule is CCc1ccccc1CCCc1ccc(C(=O)Nc2ccc(C)cc2)cc1. The molecule has 0 fully saturated rings. The molecule has 3 rings (SSSR count). The summed E-state index contributed by atoms with van der Waals surface area (Å²) in [4.78, 5) is 12.4. The van der Waals surface area contributed by atoms with Crippen LogP contribution < -0.4 is 5.32 Å². The summed E-state index contributed by atoms with van der Waals surface area (Å²) in [6, 6.07) is 24.5. The number of anilines is 1. The molecule has 0 aliphatic heterocycles. The van der Waals surface area contributed by atoms with Crippen LogP contribution in [0.3, 0.4) is 0 Å². The van der Waals surface area contributed by atoms with Crippen LogP contribution in [0.5, 0.6) is 0 Å². The molecule has 1 amide bonds. The number of rotatable bonds is 7. The number of aryl methyl sites for hydroxylation is 4. The summed E-state index contributed by atoms with van der Waals surface area (Å²) in [6.07, 6.45) is 4.32. The standard InChI is InChI=1S/C25H27NO/c1-3-21-8-4-5-9-22(21)10-6-7-20-13-15-23(16-14-20)25(27)26-24-17-11-19(2)12-18-24/h4-5,8-9,11-18H,3,6-7,10H2,1-2H3,(H,26,27). The first-order valence-electron chi connectivity index (χ1n) is 9.69. The molecule has 0 atom stereocenters. The van der Waals surface area contributed by atoms with Gasteiger partial charge in [-0.25, -0.2) is 0 Å². The van der Waals surface area contributed by atoms with E-state index >= 15 is 0 Å². The maximum Gasteiger partial charge on any atom is 0.255 e. The van der Waals surface area contributed by atoms with Gasteiger partial charge in [0.1, 0.15) is 0 Å². The largest absolute Gasteiger partial charge is 0.322 e. The molecule has 0 radical (unpaired) electrons. The van der Waals surface area contributed by atoms with Gasteiger partial charge in [0.2, 0.25) is 0 Å². The van der Waals surface area contributed by atoms with Crippen molar-refractivity contribution in [3.63, 3.8) is 0 Å². The lowest BCUT2D eigenvalue weighted by atomic mass is 9.98. The third-order valence-corrected chi connectivity index (χ3v) is 4.94. The molecule has 0 heterocycles. The number of benzene rings is 3. The maximum absolute atomic E-state index is 12.4. The summed E-state index contributed by atoms with van der Waals surface area (Å²) in [7, 11) is 0. The minimum Gasteiger partial charge on any atom is -0.322 e. The van der Waals surface area contributed by atoms with E-state index in [1.165, 1.54) is 22.3 Å². The van der Waals surface area contributed by atoms with Gasteiger partial charge in [-0.05, 0) is 73.6 Å². The van der Waals surface area contributed by atoms with Gasteiger partial charge in [0.25, 0.3) is 5.91 Å². The van der Waals surface area contributed by atoms with Gasteiger partial charge in [-0.1, -0.05) is 61.0 Å². The maximum atomic E-state index is 12.4. The van der Waals surface area contributed by atoms with Crippen molar-refractivity contribution in [3.8, 4) is 0 Å². The van der Waals surface area contributed by atoms with E-state index in [1.54, 1.807) is 0 Å². The third kappa shape index (κ3) is 5.30. The summed E-state index contributed by atoms with van der Waals surface area (Å²) in [6.45, 7) is 4.24. The molecule has 138 valence electrons. The van der Waals surface area contributed by atoms with Crippen LogP contribution in [-0.2, 0) is 19.3 Å². The van der Waals surface area contributed by atoms with Gasteiger partial charge in [0.15, 0.2) is 0 Å². The lowest BCUT2D eigenvalue weighted by Gasteiger charge is -2.08. The van der Waals surface area contributed by atoms with Crippen molar-refractivity contribution < 1.29 is 4.79 Å². The topological polar surface area (TPSA) is 29.1 Å². The molecular weight excluding hydrogens is 330 g/mol. The van der Waals surface area contributed by atoms with Gasteiger partial charge in [-0.3, -0.25) is 4.79 Å². The minimum absolute atomic E-state index is 0.0673. The number of hydrogen-bond acceptors (Lipinski definition) is 1. The van der Waals surface area contributed by atoms with Crippen molar-refractivity contribution in [1.29, 1.82) is 0 Å². The van der Waals surface area contributed by atoms with E-state index in [9.17, 15) is 4.79 Å². The third-order valence-electron chi connectivity index (χ3n) is 4.94. The smallest absolute Gasteiger partial charge is 0.255 e. The molecule has 0 bridgehead atoms. The zero-order chi connectivity index (χ0) is 19.1. The Hall–Kier alpha value is -2.87. The molecule has 2 nitrogen and oxygen atoms in total. The van der Waals surface area contributed by atoms with Crippen molar-refractivity contribution in [2.45, 2.75) is 39.5 Å². The van der Waals surface area contributed by atoms with E-state index in [1.807, 2.05) is 43.3 Å². The second kappa shape index (κ2) is 9.18. The first-order valence-corrected chi connectivity index (χ1v) is 9.69. The van der Waals surface area contributed by atoms with Crippen molar-refractivity contribution in [1.82, 2.24) is 0 Å². The summed E-state index contributed by atoms with van der Waals surface area (Å²) in [5.41, 5.74) is 6.87. The predicted molar refractivity (Wildman–Crippen MR) is 113 cm³/mol. The van der Waals surface area contributed by atoms with Crippen LogP contribution in [0.15, 0.2) is 72.8 Å². The second-order valence-electron chi connectivity index (χ2n) is 6.99. The molecule has 2 heteroatoms. The fourth-order valence-corrected chi connectivity index (χ4v) is 3.29. The van der Waals surface area contributed by atoms with Crippen LogP contribution in [0.25, 0.3) is 0 Å². The lowest BCUT2D eigenvalue weighted by molar-refractivity contribution is 0.102. The highest BCUT2D eigenvalue weighted by Gasteiger charge is 2.06. The number of hydrogen-bond donors (Lipinski definition) is 1. The molecule has 0 aliphatic carbocycles. The van der Waals surface area contributed by atoms with Gasteiger partial charge in [-0.15, -0.1) is 0 Å². The molecular formula is C25H27NO. The molecule has 0 unspecified atom stereocenters. The first-order chi connectivity index (χ1) is 13.2. The fourth-order valence-electron chi connectivity index (χ4n) is 3.29. The molecule has 0 saturated heterocycles. The molecule has 0 spiro atoms. The zero-order valence-corrected chi connectivity index (χ0v) is 16.2. The van der Waals surface area contributed by atoms with Crippen molar-refractivity contribution in [3.05, 3.63) is 101 Å². The summed E-state index contributed by atoms with van der Waals surface area (Å²) >= 11 is 0. The normalized spacial score (nSPS) is 10.6. The Labute approximate surface area is 162 Å². The number of carbonyl (C=O) groups is 1. The Morgan fingerprint density at radius 2 is 1.48 bits per heavy atom. The number of amides is 1. The van der Waals surface area contributed by atoms with Crippen LogP contribution >= 0.6 is 0 Å². The molecule has 0 saturated carbocycles.